The predicted molar refractivity (Wildman–Crippen MR) is 120 cm³/mol. The van der Waals surface area contributed by atoms with Gasteiger partial charge in [-0.25, -0.2) is 0 Å². The van der Waals surface area contributed by atoms with E-state index in [1.165, 1.54) is 52.7 Å². The Hall–Kier alpha value is -1.83. The first kappa shape index (κ1) is 27.2. The Morgan fingerprint density at radius 1 is 0.774 bits per heavy atom. The zero-order chi connectivity index (χ0) is 22.3. The molecular weight excluding hydrogens is 432 g/mol. The minimum absolute atomic E-state index is 0. The number of ether oxygens (including phenoxy) is 4. The van der Waals surface area contributed by atoms with Gasteiger partial charge in [0.15, 0.2) is 0 Å². The average molecular weight is 458 g/mol. The molecule has 0 aliphatic rings. The first-order chi connectivity index (χ1) is 14.4. The molecule has 1 radical (unpaired) electrons. The molecule has 2 rings (SSSR count). The van der Waals surface area contributed by atoms with Crippen molar-refractivity contribution in [2.75, 3.05) is 41.1 Å². The van der Waals surface area contributed by atoms with Crippen LogP contribution in [0.5, 0.6) is 23.0 Å². The van der Waals surface area contributed by atoms with Crippen LogP contribution in [-0.4, -0.2) is 81.8 Å². The Kier molecular flexibility index (Phi) is 10.8. The molecule has 0 amide bonds. The molecule has 0 heterocycles. The number of methoxy groups -OCH3 is 4. The normalized spacial score (nSPS) is 10.6. The maximum Gasteiger partial charge on any atom is 0.236 e. The Morgan fingerprint density at radius 2 is 1.10 bits per heavy atom. The quantitative estimate of drug-likeness (QED) is 0.404. The van der Waals surface area contributed by atoms with Crippen LogP contribution < -0.4 is 24.7 Å². The monoisotopic (exact) mass is 458 g/mol. The van der Waals surface area contributed by atoms with Crippen LogP contribution in [0.25, 0.3) is 0 Å². The summed E-state index contributed by atoms with van der Waals surface area (Å²) >= 11 is 0. The van der Waals surface area contributed by atoms with Crippen LogP contribution in [-0.2, 0) is 4.57 Å². The van der Waals surface area contributed by atoms with Crippen LogP contribution in [0.3, 0.4) is 0 Å². The molecule has 0 saturated heterocycles. The SMILES string of the molecule is COc1cccc(OC)c1C(=O)P(=O)(CCCN)C(=O)c1c(OC)cccc1OC.[Na]. The third kappa shape index (κ3) is 5.51. The van der Waals surface area contributed by atoms with Crippen LogP contribution in [0.1, 0.15) is 27.1 Å². The van der Waals surface area contributed by atoms with Crippen LogP contribution in [0.2, 0.25) is 0 Å². The van der Waals surface area contributed by atoms with Gasteiger partial charge in [0.2, 0.25) is 18.2 Å². The van der Waals surface area contributed by atoms with Crippen molar-refractivity contribution in [2.24, 2.45) is 5.73 Å². The van der Waals surface area contributed by atoms with Crippen molar-refractivity contribution in [3.8, 4) is 23.0 Å². The van der Waals surface area contributed by atoms with Gasteiger partial charge in [-0.1, -0.05) is 12.1 Å². The van der Waals surface area contributed by atoms with Gasteiger partial charge in [0, 0.05) is 35.7 Å². The first-order valence-electron chi connectivity index (χ1n) is 9.20. The van der Waals surface area contributed by atoms with E-state index in [2.05, 4.69) is 0 Å². The number of hydrogen-bond donors (Lipinski definition) is 1. The van der Waals surface area contributed by atoms with Crippen molar-refractivity contribution < 1.29 is 33.1 Å². The third-order valence-electron chi connectivity index (χ3n) is 4.62. The maximum atomic E-state index is 14.1. The molecule has 2 N–H and O–H groups in total. The molecule has 0 aliphatic carbocycles. The minimum atomic E-state index is -4.20. The van der Waals surface area contributed by atoms with Gasteiger partial charge >= 0.3 is 0 Å². The standard InChI is InChI=1S/C21H26NO7P.Na/c1-26-14-8-5-9-15(27-2)18(14)20(23)30(25,13-7-12-22)21(24)19-16(28-3)10-6-11-17(19)29-4;/h5-6,8-11H,7,12-13,22H2,1-4H3;. The van der Waals surface area contributed by atoms with Gasteiger partial charge in [0.1, 0.15) is 34.1 Å². The van der Waals surface area contributed by atoms with Crippen molar-refractivity contribution >= 4 is 47.7 Å². The number of hydrogen-bond acceptors (Lipinski definition) is 8. The van der Waals surface area contributed by atoms with E-state index in [0.29, 0.717) is 0 Å². The summed E-state index contributed by atoms with van der Waals surface area (Å²) in [6.45, 7) is 0.163. The molecule has 2 aromatic rings. The predicted octanol–water partition coefficient (Wildman–Crippen LogP) is 3.03. The fourth-order valence-corrected chi connectivity index (χ4v) is 5.48. The number of benzene rings is 2. The van der Waals surface area contributed by atoms with Crippen molar-refractivity contribution in [3.63, 3.8) is 0 Å². The molecule has 163 valence electrons. The van der Waals surface area contributed by atoms with Gasteiger partial charge in [0.05, 0.1) is 28.4 Å². The summed E-state index contributed by atoms with van der Waals surface area (Å²) in [5.74, 6) is 0.637. The zero-order valence-electron chi connectivity index (χ0n) is 18.5. The Balaban J connectivity index is 0.00000480. The minimum Gasteiger partial charge on any atom is -0.496 e. The number of carbonyl (C=O) groups excluding carboxylic acids is 2. The van der Waals surface area contributed by atoms with E-state index in [-0.39, 0.29) is 82.8 Å². The second-order valence-electron chi connectivity index (χ2n) is 6.29. The fraction of sp³-hybridized carbons (Fsp3) is 0.333. The molecule has 0 fully saturated rings. The number of rotatable bonds is 11. The fourth-order valence-electron chi connectivity index (χ4n) is 3.09. The summed E-state index contributed by atoms with van der Waals surface area (Å²) in [5, 5.41) is 0. The van der Waals surface area contributed by atoms with Crippen molar-refractivity contribution in [3.05, 3.63) is 47.5 Å². The topological polar surface area (TPSA) is 114 Å². The molecule has 0 aromatic heterocycles. The molecule has 0 unspecified atom stereocenters. The molecule has 0 spiro atoms. The second-order valence-corrected chi connectivity index (χ2v) is 9.03. The van der Waals surface area contributed by atoms with E-state index < -0.39 is 18.2 Å². The van der Waals surface area contributed by atoms with Crippen molar-refractivity contribution in [1.29, 1.82) is 0 Å². The molecule has 0 atom stereocenters. The molecule has 0 aliphatic heterocycles. The first-order valence-corrected chi connectivity index (χ1v) is 11.1. The Bertz CT molecular complexity index is 864. The van der Waals surface area contributed by atoms with Crippen LogP contribution in [0, 0.1) is 0 Å². The van der Waals surface area contributed by atoms with Crippen LogP contribution in [0.15, 0.2) is 36.4 Å². The van der Waals surface area contributed by atoms with Crippen molar-refractivity contribution in [2.45, 2.75) is 6.42 Å². The van der Waals surface area contributed by atoms with Gasteiger partial charge in [-0.15, -0.1) is 0 Å². The van der Waals surface area contributed by atoms with E-state index in [4.69, 9.17) is 24.7 Å². The number of nitrogens with two attached hydrogens (primary N) is 1. The van der Waals surface area contributed by atoms with E-state index in [1.807, 2.05) is 0 Å². The average Bonchev–Trinajstić information content (AvgIpc) is 2.79. The van der Waals surface area contributed by atoms with E-state index in [1.54, 1.807) is 12.1 Å². The van der Waals surface area contributed by atoms with E-state index in [0.717, 1.165) is 0 Å². The van der Waals surface area contributed by atoms with E-state index in [9.17, 15) is 14.2 Å². The zero-order valence-corrected chi connectivity index (χ0v) is 21.4. The summed E-state index contributed by atoms with van der Waals surface area (Å²) in [7, 11) is 1.31. The summed E-state index contributed by atoms with van der Waals surface area (Å²) in [6.07, 6.45) is 0.00720. The summed E-state index contributed by atoms with van der Waals surface area (Å²) in [6, 6.07) is 9.41. The molecule has 8 nitrogen and oxygen atoms in total. The molecule has 0 saturated carbocycles. The number of carbonyl (C=O) groups is 2. The van der Waals surface area contributed by atoms with Gasteiger partial charge in [0.25, 0.3) is 0 Å². The Labute approximate surface area is 204 Å². The summed E-state index contributed by atoms with van der Waals surface area (Å²) < 4.78 is 35.2. The van der Waals surface area contributed by atoms with Crippen molar-refractivity contribution in [1.82, 2.24) is 0 Å². The van der Waals surface area contributed by atoms with Gasteiger partial charge < -0.3 is 29.2 Å². The second kappa shape index (κ2) is 12.3. The molecule has 31 heavy (non-hydrogen) atoms. The maximum absolute atomic E-state index is 14.1. The molecule has 2 aromatic carbocycles. The Morgan fingerprint density at radius 3 is 1.35 bits per heavy atom. The van der Waals surface area contributed by atoms with E-state index >= 15 is 0 Å². The van der Waals surface area contributed by atoms with Crippen LogP contribution >= 0.6 is 7.14 Å². The van der Waals surface area contributed by atoms with Gasteiger partial charge in [-0.05, 0) is 37.2 Å². The summed E-state index contributed by atoms with van der Waals surface area (Å²) in [5.41, 5.74) is 3.78. The van der Waals surface area contributed by atoms with Gasteiger partial charge in [-0.2, -0.15) is 0 Å². The third-order valence-corrected chi connectivity index (χ3v) is 7.32. The van der Waals surface area contributed by atoms with Crippen LogP contribution in [0.4, 0.5) is 0 Å². The molecular formula is C21H26NNaO7P. The largest absolute Gasteiger partial charge is 0.496 e. The summed E-state index contributed by atoms with van der Waals surface area (Å²) in [4.78, 5) is 27.2. The van der Waals surface area contributed by atoms with Gasteiger partial charge in [-0.3, -0.25) is 9.59 Å². The molecule has 0 bridgehead atoms. The smallest absolute Gasteiger partial charge is 0.236 e. The molecule has 10 heteroatoms.